The van der Waals surface area contributed by atoms with Gasteiger partial charge in [0.25, 0.3) is 0 Å². The molecule has 1 aromatic carbocycles. The Morgan fingerprint density at radius 3 is 2.76 bits per heavy atom. The van der Waals surface area contributed by atoms with Gasteiger partial charge in [0.05, 0.1) is 0 Å². The number of nitrogens with one attached hydrogen (secondary N) is 2. The second kappa shape index (κ2) is 9.68. The van der Waals surface area contributed by atoms with Gasteiger partial charge in [-0.1, -0.05) is 6.07 Å². The zero-order valence-electron chi connectivity index (χ0n) is 13.7. The molecule has 2 aromatic rings. The summed E-state index contributed by atoms with van der Waals surface area (Å²) in [5, 5.41) is 14.7. The molecule has 0 saturated heterocycles. The maximum Gasteiger partial charge on any atom is 0.314 e. The van der Waals surface area contributed by atoms with Crippen LogP contribution >= 0.6 is 0 Å². The normalized spacial score (nSPS) is 11.8. The molecule has 3 N–H and O–H groups in total. The highest BCUT2D eigenvalue weighted by atomic mass is 19.1. The van der Waals surface area contributed by atoms with Crippen LogP contribution in [0.3, 0.4) is 0 Å². The molecule has 0 aliphatic rings. The molecular formula is C18H21F2N3O2. The summed E-state index contributed by atoms with van der Waals surface area (Å²) in [6.45, 7) is 0.384. The standard InChI is InChI=1S/C18H21F2N3O2/c19-15-4-5-17(20)14(10-15)6-8-22-18(25)23-11-13(12-24)9-16-3-1-2-7-21-16/h1-5,7,10,13,24H,6,8-9,11-12H2,(H2,22,23,25). The van der Waals surface area contributed by atoms with Gasteiger partial charge in [-0.2, -0.15) is 0 Å². The first-order valence-electron chi connectivity index (χ1n) is 8.05. The Bertz CT molecular complexity index is 683. The number of rotatable bonds is 8. The summed E-state index contributed by atoms with van der Waals surface area (Å²) in [5.74, 6) is -1.17. The minimum atomic E-state index is -0.513. The number of hydrogen-bond acceptors (Lipinski definition) is 3. The van der Waals surface area contributed by atoms with Gasteiger partial charge in [0.15, 0.2) is 0 Å². The quantitative estimate of drug-likeness (QED) is 0.683. The second-order valence-corrected chi connectivity index (χ2v) is 5.70. The first kappa shape index (κ1) is 18.8. The molecule has 7 heteroatoms. The number of aliphatic hydroxyl groups is 1. The Kier molecular flexibility index (Phi) is 7.28. The first-order chi connectivity index (χ1) is 12.1. The van der Waals surface area contributed by atoms with E-state index >= 15 is 0 Å². The Labute approximate surface area is 145 Å². The highest BCUT2D eigenvalue weighted by molar-refractivity contribution is 5.73. The molecule has 1 unspecified atom stereocenters. The lowest BCUT2D eigenvalue weighted by Gasteiger charge is -2.15. The minimum Gasteiger partial charge on any atom is -0.396 e. The molecule has 2 rings (SSSR count). The number of carbonyl (C=O) groups is 1. The lowest BCUT2D eigenvalue weighted by atomic mass is 10.0. The van der Waals surface area contributed by atoms with Gasteiger partial charge in [0, 0.05) is 37.5 Å². The molecule has 2 amide bonds. The predicted octanol–water partition coefficient (Wildman–Crippen LogP) is 2.05. The van der Waals surface area contributed by atoms with Crippen LogP contribution in [-0.4, -0.2) is 35.8 Å². The highest BCUT2D eigenvalue weighted by Crippen LogP contribution is 2.09. The summed E-state index contributed by atoms with van der Waals surface area (Å²) < 4.78 is 26.5. The van der Waals surface area contributed by atoms with Crippen LogP contribution in [-0.2, 0) is 12.8 Å². The van der Waals surface area contributed by atoms with Crippen molar-refractivity contribution in [3.05, 3.63) is 65.5 Å². The fourth-order valence-corrected chi connectivity index (χ4v) is 2.36. The molecule has 0 aliphatic heterocycles. The van der Waals surface area contributed by atoms with Crippen molar-refractivity contribution < 1.29 is 18.7 Å². The average molecular weight is 349 g/mol. The second-order valence-electron chi connectivity index (χ2n) is 5.70. The number of benzene rings is 1. The lowest BCUT2D eigenvalue weighted by Crippen LogP contribution is -2.40. The Morgan fingerprint density at radius 2 is 2.04 bits per heavy atom. The molecule has 0 fully saturated rings. The molecule has 134 valence electrons. The smallest absolute Gasteiger partial charge is 0.314 e. The van der Waals surface area contributed by atoms with E-state index in [9.17, 15) is 18.7 Å². The van der Waals surface area contributed by atoms with Gasteiger partial charge in [0.2, 0.25) is 0 Å². The monoisotopic (exact) mass is 349 g/mol. The first-order valence-corrected chi connectivity index (χ1v) is 8.05. The van der Waals surface area contributed by atoms with Crippen LogP contribution in [0.1, 0.15) is 11.3 Å². The van der Waals surface area contributed by atoms with Crippen LogP contribution in [0.5, 0.6) is 0 Å². The summed E-state index contributed by atoms with van der Waals surface area (Å²) in [6.07, 6.45) is 2.41. The zero-order valence-corrected chi connectivity index (χ0v) is 13.7. The SMILES string of the molecule is O=C(NCCc1cc(F)ccc1F)NCC(CO)Cc1ccccn1. The van der Waals surface area contributed by atoms with Gasteiger partial charge in [0.1, 0.15) is 11.6 Å². The van der Waals surface area contributed by atoms with E-state index in [0.29, 0.717) is 6.42 Å². The molecule has 0 bridgehead atoms. The van der Waals surface area contributed by atoms with E-state index in [2.05, 4.69) is 15.6 Å². The van der Waals surface area contributed by atoms with Crippen LogP contribution in [0.15, 0.2) is 42.6 Å². The van der Waals surface area contributed by atoms with Crippen LogP contribution in [0.2, 0.25) is 0 Å². The van der Waals surface area contributed by atoms with E-state index in [0.717, 1.165) is 23.9 Å². The van der Waals surface area contributed by atoms with E-state index in [1.54, 1.807) is 6.20 Å². The fraction of sp³-hybridized carbons (Fsp3) is 0.333. The molecule has 0 radical (unpaired) electrons. The average Bonchev–Trinajstić information content (AvgIpc) is 2.62. The molecule has 1 heterocycles. The summed E-state index contributed by atoms with van der Waals surface area (Å²) in [6, 6.07) is 8.34. The third-order valence-corrected chi connectivity index (χ3v) is 3.72. The lowest BCUT2D eigenvalue weighted by molar-refractivity contribution is 0.213. The topological polar surface area (TPSA) is 74.2 Å². The predicted molar refractivity (Wildman–Crippen MR) is 90.0 cm³/mol. The van der Waals surface area contributed by atoms with Gasteiger partial charge in [-0.15, -0.1) is 0 Å². The minimum absolute atomic E-state index is 0.0780. The van der Waals surface area contributed by atoms with E-state index in [4.69, 9.17) is 0 Å². The van der Waals surface area contributed by atoms with E-state index in [1.165, 1.54) is 0 Å². The van der Waals surface area contributed by atoms with Crippen molar-refractivity contribution in [2.75, 3.05) is 19.7 Å². The molecule has 0 spiro atoms. The van der Waals surface area contributed by atoms with Crippen molar-refractivity contribution in [2.45, 2.75) is 12.8 Å². The maximum absolute atomic E-state index is 13.5. The molecule has 25 heavy (non-hydrogen) atoms. The Balaban J connectivity index is 1.71. The van der Waals surface area contributed by atoms with Crippen molar-refractivity contribution >= 4 is 6.03 Å². The van der Waals surface area contributed by atoms with Crippen molar-refractivity contribution in [3.63, 3.8) is 0 Å². The van der Waals surface area contributed by atoms with Crippen LogP contribution in [0, 0.1) is 17.6 Å². The highest BCUT2D eigenvalue weighted by Gasteiger charge is 2.11. The van der Waals surface area contributed by atoms with Gasteiger partial charge in [-0.05, 0) is 48.7 Å². The molecular weight excluding hydrogens is 328 g/mol. The number of pyridine rings is 1. The zero-order chi connectivity index (χ0) is 18.1. The maximum atomic E-state index is 13.5. The number of nitrogens with zero attached hydrogens (tertiary/aromatic N) is 1. The van der Waals surface area contributed by atoms with E-state index < -0.39 is 17.7 Å². The van der Waals surface area contributed by atoms with Crippen molar-refractivity contribution in [1.82, 2.24) is 15.6 Å². The number of halogens is 2. The van der Waals surface area contributed by atoms with Crippen LogP contribution in [0.4, 0.5) is 13.6 Å². The number of aliphatic hydroxyl groups excluding tert-OH is 1. The third kappa shape index (κ3) is 6.46. The van der Waals surface area contributed by atoms with Gasteiger partial charge in [-0.25, -0.2) is 13.6 Å². The van der Waals surface area contributed by atoms with Crippen molar-refractivity contribution in [3.8, 4) is 0 Å². The van der Waals surface area contributed by atoms with Crippen LogP contribution in [0.25, 0.3) is 0 Å². The number of amides is 2. The molecule has 1 aromatic heterocycles. The molecule has 0 saturated carbocycles. The number of aromatic nitrogens is 1. The van der Waals surface area contributed by atoms with Gasteiger partial charge < -0.3 is 15.7 Å². The Hall–Kier alpha value is -2.54. The number of urea groups is 1. The van der Waals surface area contributed by atoms with E-state index in [1.807, 2.05) is 18.2 Å². The molecule has 1 atom stereocenters. The summed E-state index contributed by atoms with van der Waals surface area (Å²) in [7, 11) is 0. The van der Waals surface area contributed by atoms with Gasteiger partial charge >= 0.3 is 6.03 Å². The Morgan fingerprint density at radius 1 is 1.20 bits per heavy atom. The van der Waals surface area contributed by atoms with E-state index in [-0.39, 0.29) is 37.6 Å². The van der Waals surface area contributed by atoms with Gasteiger partial charge in [-0.3, -0.25) is 4.98 Å². The summed E-state index contributed by atoms with van der Waals surface area (Å²) in [4.78, 5) is 16.0. The number of carbonyl (C=O) groups excluding carboxylic acids is 1. The largest absolute Gasteiger partial charge is 0.396 e. The van der Waals surface area contributed by atoms with Crippen LogP contribution < -0.4 is 10.6 Å². The molecule has 5 nitrogen and oxygen atoms in total. The summed E-state index contributed by atoms with van der Waals surface area (Å²) in [5.41, 5.74) is 1.05. The number of hydrogen-bond donors (Lipinski definition) is 3. The third-order valence-electron chi connectivity index (χ3n) is 3.72. The van der Waals surface area contributed by atoms with Crippen molar-refractivity contribution in [2.24, 2.45) is 5.92 Å². The summed E-state index contributed by atoms with van der Waals surface area (Å²) >= 11 is 0. The molecule has 0 aliphatic carbocycles. The fourth-order valence-electron chi connectivity index (χ4n) is 2.36. The van der Waals surface area contributed by atoms with Crippen molar-refractivity contribution in [1.29, 1.82) is 0 Å².